The number of carbonyl (C=O) groups excluding carboxylic acids is 2. The molecule has 10 nitrogen and oxygen atoms in total. The zero-order chi connectivity index (χ0) is 37.3. The van der Waals surface area contributed by atoms with Crippen molar-refractivity contribution in [2.75, 3.05) is 61.4 Å². The number of thiol groups is 1. The van der Waals surface area contributed by atoms with Crippen LogP contribution in [0.5, 0.6) is 23.0 Å². The number of aliphatic imine (C=N–C) groups is 1. The molecule has 276 valence electrons. The first-order chi connectivity index (χ1) is 26.4. The molecule has 1 unspecified atom stereocenters. The van der Waals surface area contributed by atoms with E-state index in [-0.39, 0.29) is 23.8 Å². The molecule has 11 heteroatoms. The molecule has 54 heavy (non-hydrogen) atoms. The van der Waals surface area contributed by atoms with E-state index in [4.69, 9.17) is 18.9 Å². The zero-order valence-corrected chi connectivity index (χ0v) is 31.2. The maximum absolute atomic E-state index is 13.9. The molecule has 1 aliphatic carbocycles. The van der Waals surface area contributed by atoms with E-state index in [9.17, 15) is 9.59 Å². The minimum atomic E-state index is -0.157. The molecule has 0 saturated heterocycles. The van der Waals surface area contributed by atoms with Crippen LogP contribution < -0.4 is 34.1 Å². The average Bonchev–Trinajstić information content (AvgIpc) is 3.78. The summed E-state index contributed by atoms with van der Waals surface area (Å²) in [7, 11) is 3.15. The average molecular weight is 743 g/mol. The topological polar surface area (TPSA) is 102 Å². The van der Waals surface area contributed by atoms with Crippen LogP contribution in [0, 0.1) is 5.92 Å². The molecule has 2 atom stereocenters. The Bertz CT molecular complexity index is 2220. The Morgan fingerprint density at radius 1 is 0.926 bits per heavy atom. The SMILES string of the molecule is C=Nc1cc(OCC2C=C(CS)C=C(COc3cc4c(cc3OC)C(=O)N3c5ccccc5C[C@H]3CN4)C2)c(OC)cc1C(=O)N1CCc2ccccc21. The van der Waals surface area contributed by atoms with Crippen molar-refractivity contribution in [3.05, 3.63) is 118 Å². The fourth-order valence-corrected chi connectivity index (χ4v) is 8.17. The molecule has 4 aromatic rings. The van der Waals surface area contributed by atoms with Crippen molar-refractivity contribution in [3.8, 4) is 23.0 Å². The number of anilines is 3. The summed E-state index contributed by atoms with van der Waals surface area (Å²) >= 11 is 4.58. The minimum Gasteiger partial charge on any atom is -0.493 e. The summed E-state index contributed by atoms with van der Waals surface area (Å²) in [4.78, 5) is 35.5. The standard InChI is InChI=1S/C43H42N4O6S/c1-44-34-20-40(38(50-2)18-32(34)42(48)46-13-12-29-8-4-6-10-36(29)46)52-23-26-14-27(16-28(15-26)25-54)24-53-41-21-35-33(19-39(41)51-3)43(49)47-31(22-45-35)17-30-9-5-7-11-37(30)47/h4-11,15-16,18-21,26,31,45,54H,1,12-14,17,22-25H2,2-3H3/t26?,31-/m0/s1. The molecule has 4 aromatic carbocycles. The van der Waals surface area contributed by atoms with Gasteiger partial charge in [-0.1, -0.05) is 48.6 Å². The predicted octanol–water partition coefficient (Wildman–Crippen LogP) is 7.50. The maximum Gasteiger partial charge on any atom is 0.260 e. The summed E-state index contributed by atoms with van der Waals surface area (Å²) in [5.41, 5.74) is 8.44. The molecule has 8 rings (SSSR count). The maximum atomic E-state index is 13.9. The van der Waals surface area contributed by atoms with Gasteiger partial charge in [-0.2, -0.15) is 12.6 Å². The number of ether oxygens (including phenoxy) is 4. The highest BCUT2D eigenvalue weighted by atomic mass is 32.1. The fourth-order valence-electron chi connectivity index (χ4n) is 7.97. The Hall–Kier alpha value is -5.68. The van der Waals surface area contributed by atoms with E-state index in [1.165, 1.54) is 5.56 Å². The Morgan fingerprint density at radius 3 is 2.44 bits per heavy atom. The Kier molecular flexibility index (Phi) is 9.81. The van der Waals surface area contributed by atoms with Crippen LogP contribution in [0.3, 0.4) is 0 Å². The van der Waals surface area contributed by atoms with Crippen molar-refractivity contribution >= 4 is 53.9 Å². The van der Waals surface area contributed by atoms with Crippen LogP contribution in [-0.4, -0.2) is 70.8 Å². The molecule has 3 aliphatic heterocycles. The zero-order valence-electron chi connectivity index (χ0n) is 30.3. The molecular formula is C43H42N4O6S. The Morgan fingerprint density at radius 2 is 1.67 bits per heavy atom. The predicted molar refractivity (Wildman–Crippen MR) is 215 cm³/mol. The van der Waals surface area contributed by atoms with E-state index in [0.29, 0.717) is 78.3 Å². The summed E-state index contributed by atoms with van der Waals surface area (Å²) in [6, 6.07) is 23.1. The number of methoxy groups -OCH3 is 2. The third kappa shape index (κ3) is 6.57. The minimum absolute atomic E-state index is 0.0209. The number of fused-ring (bicyclic) bond motifs is 5. The molecule has 0 radical (unpaired) electrons. The molecule has 0 saturated carbocycles. The molecule has 3 heterocycles. The lowest BCUT2D eigenvalue weighted by Gasteiger charge is -2.24. The van der Waals surface area contributed by atoms with Crippen molar-refractivity contribution in [1.82, 2.24) is 0 Å². The molecular weight excluding hydrogens is 701 g/mol. The molecule has 1 N–H and O–H groups in total. The lowest BCUT2D eigenvalue weighted by atomic mass is 9.91. The Labute approximate surface area is 320 Å². The van der Waals surface area contributed by atoms with Gasteiger partial charge >= 0.3 is 0 Å². The quantitative estimate of drug-likeness (QED) is 0.121. The van der Waals surface area contributed by atoms with Crippen LogP contribution in [0.15, 0.2) is 101 Å². The van der Waals surface area contributed by atoms with Gasteiger partial charge in [-0.15, -0.1) is 0 Å². The van der Waals surface area contributed by atoms with E-state index in [1.807, 2.05) is 53.4 Å². The van der Waals surface area contributed by atoms with E-state index in [1.54, 1.807) is 37.3 Å². The van der Waals surface area contributed by atoms with Gasteiger partial charge in [-0.3, -0.25) is 14.6 Å². The largest absolute Gasteiger partial charge is 0.493 e. The van der Waals surface area contributed by atoms with E-state index in [0.717, 1.165) is 46.6 Å². The second-order valence-corrected chi connectivity index (χ2v) is 14.2. The summed E-state index contributed by atoms with van der Waals surface area (Å²) in [6.07, 6.45) is 6.58. The fraction of sp³-hybridized carbons (Fsp3) is 0.279. The van der Waals surface area contributed by atoms with Crippen LogP contribution in [0.2, 0.25) is 0 Å². The normalized spacial score (nSPS) is 18.2. The first kappa shape index (κ1) is 35.4. The Balaban J connectivity index is 0.956. The summed E-state index contributed by atoms with van der Waals surface area (Å²) in [5.74, 6) is 2.33. The van der Waals surface area contributed by atoms with Crippen molar-refractivity contribution in [1.29, 1.82) is 0 Å². The number of nitrogens with zero attached hydrogens (tertiary/aromatic N) is 3. The van der Waals surface area contributed by atoms with Crippen LogP contribution in [-0.2, 0) is 12.8 Å². The van der Waals surface area contributed by atoms with Gasteiger partial charge in [0.25, 0.3) is 11.8 Å². The monoisotopic (exact) mass is 742 g/mol. The van der Waals surface area contributed by atoms with Crippen LogP contribution in [0.4, 0.5) is 22.7 Å². The van der Waals surface area contributed by atoms with Crippen LogP contribution in [0.1, 0.15) is 38.3 Å². The van der Waals surface area contributed by atoms with Gasteiger partial charge in [0.05, 0.1) is 49.4 Å². The number of amides is 2. The van der Waals surface area contributed by atoms with Crippen molar-refractivity contribution in [3.63, 3.8) is 0 Å². The second kappa shape index (κ2) is 15.0. The lowest BCUT2D eigenvalue weighted by Crippen LogP contribution is -2.39. The lowest BCUT2D eigenvalue weighted by molar-refractivity contribution is 0.0978. The summed E-state index contributed by atoms with van der Waals surface area (Å²) < 4.78 is 24.2. The van der Waals surface area contributed by atoms with E-state index in [2.05, 4.69) is 47.9 Å². The van der Waals surface area contributed by atoms with Gasteiger partial charge < -0.3 is 34.1 Å². The number of hydrogen-bond donors (Lipinski definition) is 2. The van der Waals surface area contributed by atoms with Gasteiger partial charge in [-0.25, -0.2) is 0 Å². The molecule has 0 bridgehead atoms. The van der Waals surface area contributed by atoms with Crippen LogP contribution >= 0.6 is 12.6 Å². The van der Waals surface area contributed by atoms with Crippen molar-refractivity contribution < 1.29 is 28.5 Å². The van der Waals surface area contributed by atoms with E-state index < -0.39 is 0 Å². The third-order valence-electron chi connectivity index (χ3n) is 10.6. The van der Waals surface area contributed by atoms with Gasteiger partial charge in [-0.05, 0) is 72.5 Å². The van der Waals surface area contributed by atoms with Crippen LogP contribution in [0.25, 0.3) is 0 Å². The van der Waals surface area contributed by atoms with E-state index >= 15 is 0 Å². The number of allylic oxidation sites excluding steroid dienone is 1. The number of nitrogens with one attached hydrogen (secondary N) is 1. The molecule has 4 aliphatic rings. The number of benzene rings is 4. The number of hydrogen-bond acceptors (Lipinski definition) is 9. The first-order valence-corrected chi connectivity index (χ1v) is 18.7. The second-order valence-electron chi connectivity index (χ2n) is 13.9. The first-order valence-electron chi connectivity index (χ1n) is 18.1. The molecule has 0 fully saturated rings. The van der Waals surface area contributed by atoms with Gasteiger partial charge in [0.1, 0.15) is 6.61 Å². The van der Waals surface area contributed by atoms with Gasteiger partial charge in [0.15, 0.2) is 23.0 Å². The van der Waals surface area contributed by atoms with Crippen molar-refractivity contribution in [2.24, 2.45) is 10.9 Å². The smallest absolute Gasteiger partial charge is 0.260 e. The third-order valence-corrected chi connectivity index (χ3v) is 10.9. The molecule has 2 amide bonds. The number of para-hydroxylation sites is 2. The molecule has 0 spiro atoms. The number of rotatable bonds is 11. The highest BCUT2D eigenvalue weighted by Crippen LogP contribution is 2.42. The summed E-state index contributed by atoms with van der Waals surface area (Å²) in [5, 5.41) is 3.50. The highest BCUT2D eigenvalue weighted by Gasteiger charge is 2.38. The molecule has 0 aromatic heterocycles. The van der Waals surface area contributed by atoms with Gasteiger partial charge in [0, 0.05) is 48.3 Å². The van der Waals surface area contributed by atoms with Crippen molar-refractivity contribution in [2.45, 2.75) is 25.3 Å². The highest BCUT2D eigenvalue weighted by molar-refractivity contribution is 7.80. The number of carbonyl (C=O) groups is 2. The summed E-state index contributed by atoms with van der Waals surface area (Å²) in [6.45, 7) is 5.64. The van der Waals surface area contributed by atoms with Gasteiger partial charge in [0.2, 0.25) is 0 Å².